The van der Waals surface area contributed by atoms with Crippen LogP contribution in [0.3, 0.4) is 0 Å². The van der Waals surface area contributed by atoms with E-state index in [0.717, 1.165) is 24.7 Å². The Morgan fingerprint density at radius 2 is 2.05 bits per heavy atom. The summed E-state index contributed by atoms with van der Waals surface area (Å²) in [5.74, 6) is 1.83. The van der Waals surface area contributed by atoms with Gasteiger partial charge in [0, 0.05) is 26.1 Å². The van der Waals surface area contributed by atoms with E-state index in [1.165, 1.54) is 32.1 Å². The van der Waals surface area contributed by atoms with Gasteiger partial charge in [0.1, 0.15) is 6.33 Å². The standard InChI is InChI=1S/C16H30N4/c1-16(2,3)13-6-5-7-14(9-8-13)17-11-10-15-18-12-20(4)19-15/h12-14,17H,5-11H2,1-4H3. The SMILES string of the molecule is Cn1cnc(CCNC2CCCC(C(C)(C)C)CC2)n1. The first-order valence-corrected chi connectivity index (χ1v) is 8.03. The van der Waals surface area contributed by atoms with Gasteiger partial charge in [-0.15, -0.1) is 0 Å². The summed E-state index contributed by atoms with van der Waals surface area (Å²) < 4.78 is 1.77. The van der Waals surface area contributed by atoms with Gasteiger partial charge in [-0.25, -0.2) is 4.98 Å². The molecule has 0 aliphatic heterocycles. The predicted octanol–water partition coefficient (Wildman–Crippen LogP) is 2.94. The van der Waals surface area contributed by atoms with E-state index in [0.29, 0.717) is 11.5 Å². The Bertz CT molecular complexity index is 405. The molecule has 1 aromatic rings. The number of hydrogen-bond acceptors (Lipinski definition) is 3. The van der Waals surface area contributed by atoms with Crippen molar-refractivity contribution in [3.05, 3.63) is 12.2 Å². The van der Waals surface area contributed by atoms with Gasteiger partial charge in [0.2, 0.25) is 0 Å². The van der Waals surface area contributed by atoms with Gasteiger partial charge in [-0.2, -0.15) is 5.10 Å². The molecule has 4 nitrogen and oxygen atoms in total. The molecule has 0 radical (unpaired) electrons. The molecule has 4 heteroatoms. The molecule has 1 aliphatic carbocycles. The zero-order valence-corrected chi connectivity index (χ0v) is 13.5. The van der Waals surface area contributed by atoms with Crippen LogP contribution in [0.1, 0.15) is 58.7 Å². The maximum atomic E-state index is 4.32. The number of rotatable bonds is 4. The topological polar surface area (TPSA) is 42.7 Å². The first-order chi connectivity index (χ1) is 9.45. The van der Waals surface area contributed by atoms with Crippen molar-refractivity contribution in [2.45, 2.75) is 65.3 Å². The lowest BCUT2D eigenvalue weighted by atomic mass is 9.76. The molecule has 2 unspecified atom stereocenters. The second-order valence-electron chi connectivity index (χ2n) is 7.31. The van der Waals surface area contributed by atoms with E-state index in [1.54, 1.807) is 11.0 Å². The number of aryl methyl sites for hydroxylation is 1. The van der Waals surface area contributed by atoms with E-state index in [1.807, 2.05) is 7.05 Å². The number of hydrogen-bond donors (Lipinski definition) is 1. The number of nitrogens with one attached hydrogen (secondary N) is 1. The minimum atomic E-state index is 0.465. The summed E-state index contributed by atoms with van der Waals surface area (Å²) in [6.45, 7) is 8.16. The van der Waals surface area contributed by atoms with Gasteiger partial charge < -0.3 is 5.32 Å². The van der Waals surface area contributed by atoms with Gasteiger partial charge in [-0.3, -0.25) is 4.68 Å². The molecular weight excluding hydrogens is 248 g/mol. The molecule has 1 aliphatic rings. The maximum Gasteiger partial charge on any atom is 0.151 e. The molecular formula is C16H30N4. The lowest BCUT2D eigenvalue weighted by Crippen LogP contribution is -2.31. The number of aromatic nitrogens is 3. The second-order valence-corrected chi connectivity index (χ2v) is 7.31. The Hall–Kier alpha value is -0.900. The van der Waals surface area contributed by atoms with Crippen LogP contribution >= 0.6 is 0 Å². The third-order valence-electron chi connectivity index (χ3n) is 4.62. The van der Waals surface area contributed by atoms with Gasteiger partial charge in [-0.05, 0) is 37.0 Å². The maximum absolute atomic E-state index is 4.32. The van der Waals surface area contributed by atoms with Crippen LogP contribution in [0.5, 0.6) is 0 Å². The molecule has 0 aromatic carbocycles. The second kappa shape index (κ2) is 6.70. The van der Waals surface area contributed by atoms with E-state index in [2.05, 4.69) is 36.2 Å². The molecule has 2 rings (SSSR count). The Labute approximate surface area is 123 Å². The molecule has 1 heterocycles. The third-order valence-corrected chi connectivity index (χ3v) is 4.62. The van der Waals surface area contributed by atoms with E-state index in [-0.39, 0.29) is 0 Å². The minimum absolute atomic E-state index is 0.465. The van der Waals surface area contributed by atoms with E-state index >= 15 is 0 Å². The summed E-state index contributed by atoms with van der Waals surface area (Å²) in [6.07, 6.45) is 9.46. The molecule has 0 spiro atoms. The molecule has 1 N–H and O–H groups in total. The molecule has 20 heavy (non-hydrogen) atoms. The van der Waals surface area contributed by atoms with Crippen LogP contribution in [0.2, 0.25) is 0 Å². The normalized spacial score (nSPS) is 24.6. The molecule has 1 saturated carbocycles. The number of nitrogens with zero attached hydrogens (tertiary/aromatic N) is 3. The van der Waals surface area contributed by atoms with Crippen LogP contribution in [-0.4, -0.2) is 27.4 Å². The van der Waals surface area contributed by atoms with Gasteiger partial charge in [0.25, 0.3) is 0 Å². The summed E-state index contributed by atoms with van der Waals surface area (Å²) in [4.78, 5) is 4.27. The first-order valence-electron chi connectivity index (χ1n) is 8.03. The Morgan fingerprint density at radius 1 is 1.25 bits per heavy atom. The fourth-order valence-corrected chi connectivity index (χ4v) is 3.26. The molecule has 0 amide bonds. The third kappa shape index (κ3) is 4.58. The van der Waals surface area contributed by atoms with Crippen LogP contribution in [0, 0.1) is 11.3 Å². The van der Waals surface area contributed by atoms with E-state index < -0.39 is 0 Å². The zero-order valence-electron chi connectivity index (χ0n) is 13.5. The van der Waals surface area contributed by atoms with Crippen LogP contribution in [0.15, 0.2) is 6.33 Å². The van der Waals surface area contributed by atoms with Crippen LogP contribution < -0.4 is 5.32 Å². The fraction of sp³-hybridized carbons (Fsp3) is 0.875. The Balaban J connectivity index is 1.71. The summed E-state index contributed by atoms with van der Waals surface area (Å²) >= 11 is 0. The van der Waals surface area contributed by atoms with Gasteiger partial charge in [0.05, 0.1) is 0 Å². The highest BCUT2D eigenvalue weighted by Crippen LogP contribution is 2.36. The van der Waals surface area contributed by atoms with Crippen molar-refractivity contribution in [3.63, 3.8) is 0 Å². The van der Waals surface area contributed by atoms with Gasteiger partial charge in [0.15, 0.2) is 5.82 Å². The van der Waals surface area contributed by atoms with Crippen molar-refractivity contribution >= 4 is 0 Å². The summed E-state index contributed by atoms with van der Waals surface area (Å²) in [6, 6.07) is 0.686. The molecule has 114 valence electrons. The highest BCUT2D eigenvalue weighted by Gasteiger charge is 2.27. The molecule has 0 bridgehead atoms. The Morgan fingerprint density at radius 3 is 2.70 bits per heavy atom. The van der Waals surface area contributed by atoms with Gasteiger partial charge in [-0.1, -0.05) is 27.2 Å². The van der Waals surface area contributed by atoms with Crippen molar-refractivity contribution in [2.75, 3.05) is 6.54 Å². The first kappa shape index (κ1) is 15.5. The van der Waals surface area contributed by atoms with Crippen molar-refractivity contribution in [2.24, 2.45) is 18.4 Å². The van der Waals surface area contributed by atoms with E-state index in [9.17, 15) is 0 Å². The lowest BCUT2D eigenvalue weighted by Gasteiger charge is -2.29. The smallest absolute Gasteiger partial charge is 0.151 e. The summed E-state index contributed by atoms with van der Waals surface area (Å²) in [5.41, 5.74) is 0.465. The minimum Gasteiger partial charge on any atom is -0.314 e. The quantitative estimate of drug-likeness (QED) is 0.861. The predicted molar refractivity (Wildman–Crippen MR) is 82.5 cm³/mol. The highest BCUT2D eigenvalue weighted by atomic mass is 15.3. The molecule has 2 atom stereocenters. The summed E-state index contributed by atoms with van der Waals surface area (Å²) in [7, 11) is 1.92. The molecule has 1 fully saturated rings. The highest BCUT2D eigenvalue weighted by molar-refractivity contribution is 4.84. The van der Waals surface area contributed by atoms with Crippen LogP contribution in [0.4, 0.5) is 0 Å². The van der Waals surface area contributed by atoms with Crippen molar-refractivity contribution in [1.82, 2.24) is 20.1 Å². The Kier molecular flexibility index (Phi) is 5.19. The fourth-order valence-electron chi connectivity index (χ4n) is 3.26. The van der Waals surface area contributed by atoms with Crippen LogP contribution in [-0.2, 0) is 13.5 Å². The zero-order chi connectivity index (χ0) is 14.6. The van der Waals surface area contributed by atoms with Crippen molar-refractivity contribution < 1.29 is 0 Å². The van der Waals surface area contributed by atoms with Crippen molar-refractivity contribution in [3.8, 4) is 0 Å². The monoisotopic (exact) mass is 278 g/mol. The molecule has 1 aromatic heterocycles. The van der Waals surface area contributed by atoms with Gasteiger partial charge >= 0.3 is 0 Å². The average molecular weight is 278 g/mol. The molecule has 0 saturated heterocycles. The van der Waals surface area contributed by atoms with Crippen LogP contribution in [0.25, 0.3) is 0 Å². The van der Waals surface area contributed by atoms with E-state index in [4.69, 9.17) is 0 Å². The largest absolute Gasteiger partial charge is 0.314 e. The average Bonchev–Trinajstić information content (AvgIpc) is 2.63. The summed E-state index contributed by atoms with van der Waals surface area (Å²) in [5, 5.41) is 8.02. The lowest BCUT2D eigenvalue weighted by molar-refractivity contribution is 0.213. The van der Waals surface area contributed by atoms with Crippen molar-refractivity contribution in [1.29, 1.82) is 0 Å².